The van der Waals surface area contributed by atoms with E-state index in [1.54, 1.807) is 18.2 Å². The van der Waals surface area contributed by atoms with E-state index in [1.165, 1.54) is 18.2 Å². The first-order chi connectivity index (χ1) is 9.60. The fourth-order valence-corrected chi connectivity index (χ4v) is 1.82. The van der Waals surface area contributed by atoms with Gasteiger partial charge in [-0.25, -0.2) is 0 Å². The zero-order valence-electron chi connectivity index (χ0n) is 10.7. The lowest BCUT2D eigenvalue weighted by Gasteiger charge is -2.08. The van der Waals surface area contributed by atoms with Gasteiger partial charge in [-0.05, 0) is 29.3 Å². The van der Waals surface area contributed by atoms with Crippen molar-refractivity contribution in [3.05, 3.63) is 59.2 Å². The van der Waals surface area contributed by atoms with Crippen LogP contribution in [0.2, 0.25) is 0 Å². The van der Waals surface area contributed by atoms with Gasteiger partial charge in [-0.2, -0.15) is 0 Å². The minimum absolute atomic E-state index is 0.0170. The van der Waals surface area contributed by atoms with Crippen molar-refractivity contribution in [2.75, 3.05) is 0 Å². The maximum absolute atomic E-state index is 11.9. The molecule has 5 heteroatoms. The van der Waals surface area contributed by atoms with Crippen LogP contribution < -0.4 is 5.32 Å². The minimum Gasteiger partial charge on any atom is -0.508 e. The van der Waals surface area contributed by atoms with E-state index in [1.807, 2.05) is 6.07 Å². The number of rotatable bonds is 4. The first kappa shape index (κ1) is 13.9. The van der Waals surface area contributed by atoms with Crippen molar-refractivity contribution in [3.8, 4) is 11.5 Å². The molecule has 0 saturated carbocycles. The molecular formula is C15H15NO4. The van der Waals surface area contributed by atoms with E-state index in [0.29, 0.717) is 0 Å². The average Bonchev–Trinajstić information content (AvgIpc) is 2.47. The summed E-state index contributed by atoms with van der Waals surface area (Å²) in [5, 5.41) is 30.6. The highest BCUT2D eigenvalue weighted by atomic mass is 16.3. The highest BCUT2D eigenvalue weighted by Crippen LogP contribution is 2.21. The second kappa shape index (κ2) is 6.08. The summed E-state index contributed by atoms with van der Waals surface area (Å²) in [6.45, 7) is 0.205. The van der Waals surface area contributed by atoms with Crippen molar-refractivity contribution >= 4 is 5.91 Å². The molecule has 20 heavy (non-hydrogen) atoms. The lowest BCUT2D eigenvalue weighted by Crippen LogP contribution is -2.22. The van der Waals surface area contributed by atoms with Crippen LogP contribution in [-0.4, -0.2) is 21.2 Å². The highest BCUT2D eigenvalue weighted by Gasteiger charge is 2.11. The van der Waals surface area contributed by atoms with Crippen molar-refractivity contribution in [1.29, 1.82) is 0 Å². The number of hydrogen-bond donors (Lipinski definition) is 4. The number of phenolic OH excluding ortho intramolecular Hbond substituents is 2. The van der Waals surface area contributed by atoms with Crippen LogP contribution in [-0.2, 0) is 13.2 Å². The molecule has 1 amide bonds. The summed E-state index contributed by atoms with van der Waals surface area (Å²) in [6, 6.07) is 10.9. The van der Waals surface area contributed by atoms with E-state index in [-0.39, 0.29) is 30.2 Å². The molecular weight excluding hydrogens is 258 g/mol. The standard InChI is InChI=1S/C15H15NO4/c17-9-11-3-1-2-10(6-11)8-16-15(20)13-7-12(18)4-5-14(13)19/h1-7,17-19H,8-9H2,(H,16,20). The van der Waals surface area contributed by atoms with E-state index in [9.17, 15) is 15.0 Å². The smallest absolute Gasteiger partial charge is 0.255 e. The van der Waals surface area contributed by atoms with Crippen molar-refractivity contribution in [2.24, 2.45) is 0 Å². The van der Waals surface area contributed by atoms with Crippen molar-refractivity contribution < 1.29 is 20.1 Å². The SMILES string of the molecule is O=C(NCc1cccc(CO)c1)c1cc(O)ccc1O. The maximum Gasteiger partial charge on any atom is 0.255 e. The van der Waals surface area contributed by atoms with Crippen LogP contribution in [0, 0.1) is 0 Å². The molecule has 4 N–H and O–H groups in total. The molecule has 0 aliphatic carbocycles. The Bertz CT molecular complexity index is 625. The molecule has 0 aromatic heterocycles. The number of phenols is 2. The minimum atomic E-state index is -0.479. The van der Waals surface area contributed by atoms with Gasteiger partial charge >= 0.3 is 0 Å². The summed E-state index contributed by atoms with van der Waals surface area (Å²) in [5.74, 6) is -0.757. The van der Waals surface area contributed by atoms with E-state index >= 15 is 0 Å². The van der Waals surface area contributed by atoms with Crippen molar-refractivity contribution in [1.82, 2.24) is 5.32 Å². The lowest BCUT2D eigenvalue weighted by molar-refractivity contribution is 0.0948. The van der Waals surface area contributed by atoms with Gasteiger partial charge in [-0.15, -0.1) is 0 Å². The van der Waals surface area contributed by atoms with Crippen LogP contribution in [0.5, 0.6) is 11.5 Å². The molecule has 0 unspecified atom stereocenters. The first-order valence-corrected chi connectivity index (χ1v) is 6.09. The third-order valence-corrected chi connectivity index (χ3v) is 2.85. The molecule has 2 aromatic carbocycles. The van der Waals surface area contributed by atoms with Crippen LogP contribution in [0.4, 0.5) is 0 Å². The second-order valence-corrected chi connectivity index (χ2v) is 4.36. The van der Waals surface area contributed by atoms with Crippen LogP contribution in [0.3, 0.4) is 0 Å². The Morgan fingerprint density at radius 2 is 1.80 bits per heavy atom. The van der Waals surface area contributed by atoms with E-state index < -0.39 is 5.91 Å². The highest BCUT2D eigenvalue weighted by molar-refractivity contribution is 5.97. The Labute approximate surface area is 116 Å². The van der Waals surface area contributed by atoms with Crippen LogP contribution >= 0.6 is 0 Å². The lowest BCUT2D eigenvalue weighted by atomic mass is 10.1. The molecule has 5 nitrogen and oxygen atoms in total. The predicted octanol–water partition coefficient (Wildman–Crippen LogP) is 1.52. The molecule has 0 heterocycles. The second-order valence-electron chi connectivity index (χ2n) is 4.36. The Kier molecular flexibility index (Phi) is 4.22. The number of amides is 1. The molecule has 0 saturated heterocycles. The van der Waals surface area contributed by atoms with Gasteiger partial charge in [0.1, 0.15) is 11.5 Å². The van der Waals surface area contributed by atoms with Gasteiger partial charge in [-0.1, -0.05) is 24.3 Å². The fraction of sp³-hybridized carbons (Fsp3) is 0.133. The van der Waals surface area contributed by atoms with Gasteiger partial charge in [0, 0.05) is 6.54 Å². The predicted molar refractivity (Wildman–Crippen MR) is 73.3 cm³/mol. The van der Waals surface area contributed by atoms with Crippen LogP contribution in [0.1, 0.15) is 21.5 Å². The number of aromatic hydroxyl groups is 2. The van der Waals surface area contributed by atoms with Crippen LogP contribution in [0.25, 0.3) is 0 Å². The van der Waals surface area contributed by atoms with Crippen LogP contribution in [0.15, 0.2) is 42.5 Å². The molecule has 0 spiro atoms. The molecule has 0 bridgehead atoms. The van der Waals surface area contributed by atoms with Gasteiger partial charge in [0.25, 0.3) is 5.91 Å². The van der Waals surface area contributed by atoms with Crippen molar-refractivity contribution in [2.45, 2.75) is 13.2 Å². The maximum atomic E-state index is 11.9. The zero-order chi connectivity index (χ0) is 14.5. The quantitative estimate of drug-likeness (QED) is 0.636. The molecule has 0 atom stereocenters. The third kappa shape index (κ3) is 3.27. The summed E-state index contributed by atoms with van der Waals surface area (Å²) in [6.07, 6.45) is 0. The molecule has 104 valence electrons. The molecule has 0 aliphatic heterocycles. The number of carbonyl (C=O) groups is 1. The summed E-state index contributed by atoms with van der Waals surface area (Å²) in [5.41, 5.74) is 1.62. The Balaban J connectivity index is 2.06. The number of nitrogens with one attached hydrogen (secondary N) is 1. The molecule has 2 rings (SSSR count). The number of hydrogen-bond acceptors (Lipinski definition) is 4. The summed E-state index contributed by atoms with van der Waals surface area (Å²) in [7, 11) is 0. The number of benzene rings is 2. The molecule has 0 fully saturated rings. The molecule has 0 aliphatic rings. The third-order valence-electron chi connectivity index (χ3n) is 2.85. The monoisotopic (exact) mass is 273 g/mol. The first-order valence-electron chi connectivity index (χ1n) is 6.09. The largest absolute Gasteiger partial charge is 0.508 e. The van der Waals surface area contributed by atoms with Gasteiger partial charge in [0.2, 0.25) is 0 Å². The summed E-state index contributed by atoms with van der Waals surface area (Å²) in [4.78, 5) is 11.9. The Morgan fingerprint density at radius 1 is 1.05 bits per heavy atom. The average molecular weight is 273 g/mol. The Morgan fingerprint density at radius 3 is 2.55 bits per heavy atom. The van der Waals surface area contributed by atoms with E-state index in [4.69, 9.17) is 5.11 Å². The fourth-order valence-electron chi connectivity index (χ4n) is 1.82. The van der Waals surface area contributed by atoms with E-state index in [0.717, 1.165) is 11.1 Å². The summed E-state index contributed by atoms with van der Waals surface area (Å²) >= 11 is 0. The molecule has 0 radical (unpaired) electrons. The number of carbonyl (C=O) groups excluding carboxylic acids is 1. The summed E-state index contributed by atoms with van der Waals surface area (Å²) < 4.78 is 0. The molecule has 2 aromatic rings. The van der Waals surface area contributed by atoms with Gasteiger partial charge in [0.05, 0.1) is 12.2 Å². The number of aliphatic hydroxyl groups excluding tert-OH is 1. The Hall–Kier alpha value is -2.53. The van der Waals surface area contributed by atoms with Gasteiger partial charge in [-0.3, -0.25) is 4.79 Å². The zero-order valence-corrected chi connectivity index (χ0v) is 10.7. The number of aliphatic hydroxyl groups is 1. The van der Waals surface area contributed by atoms with Crippen molar-refractivity contribution in [3.63, 3.8) is 0 Å². The van der Waals surface area contributed by atoms with Gasteiger partial charge in [0.15, 0.2) is 0 Å². The van der Waals surface area contributed by atoms with E-state index in [2.05, 4.69) is 5.32 Å². The van der Waals surface area contributed by atoms with Gasteiger partial charge < -0.3 is 20.6 Å². The normalized spacial score (nSPS) is 10.2. The topological polar surface area (TPSA) is 89.8 Å².